The van der Waals surface area contributed by atoms with Crippen molar-refractivity contribution >= 4 is 17.5 Å². The lowest BCUT2D eigenvalue weighted by Gasteiger charge is -2.24. The van der Waals surface area contributed by atoms with Crippen molar-refractivity contribution in [1.82, 2.24) is 14.7 Å². The van der Waals surface area contributed by atoms with Gasteiger partial charge in [-0.1, -0.05) is 13.0 Å². The fourth-order valence-electron chi connectivity index (χ4n) is 1.79. The molecule has 0 fully saturated rings. The number of pyridine rings is 1. The summed E-state index contributed by atoms with van der Waals surface area (Å²) in [6.45, 7) is 3.03. The van der Waals surface area contributed by atoms with Crippen LogP contribution in [0.25, 0.3) is 5.65 Å². The highest BCUT2D eigenvalue weighted by atomic mass is 16.4. The molecule has 2 aromatic rings. The Hall–Kier alpha value is -2.70. The summed E-state index contributed by atoms with van der Waals surface area (Å²) in [7, 11) is 0. The van der Waals surface area contributed by atoms with Gasteiger partial charge in [-0.3, -0.25) is 14.0 Å². The zero-order chi connectivity index (χ0) is 15.6. The normalized spacial score (nSPS) is 13.6. The van der Waals surface area contributed by atoms with E-state index in [0.717, 1.165) is 6.20 Å². The van der Waals surface area contributed by atoms with E-state index < -0.39 is 23.0 Å². The molecule has 7 nitrogen and oxygen atoms in total. The van der Waals surface area contributed by atoms with Gasteiger partial charge < -0.3 is 10.4 Å². The number of carbonyl (C=O) groups excluding carboxylic acids is 1. The number of aliphatic carboxylic acids is 1. The fourth-order valence-corrected chi connectivity index (χ4v) is 1.79. The monoisotopic (exact) mass is 289 g/mol. The molecule has 1 amide bonds. The summed E-state index contributed by atoms with van der Waals surface area (Å²) >= 11 is 0. The standard InChI is InChI=1S/C14H15N3O4/c1-3-14(2,13(20)21)16-11(18)9-8-15-10-6-4-5-7-17(10)12(9)19/h4-8H,3H2,1-2H3,(H,16,18)(H,20,21). The van der Waals surface area contributed by atoms with E-state index in [1.165, 1.54) is 17.5 Å². The van der Waals surface area contributed by atoms with Crippen molar-refractivity contribution in [2.75, 3.05) is 0 Å². The molecule has 0 aliphatic carbocycles. The predicted octanol–water partition coefficient (Wildman–Crippen LogP) is 0.678. The van der Waals surface area contributed by atoms with Crippen molar-refractivity contribution in [1.29, 1.82) is 0 Å². The molecule has 0 bridgehead atoms. The number of amides is 1. The summed E-state index contributed by atoms with van der Waals surface area (Å²) in [4.78, 5) is 39.6. The summed E-state index contributed by atoms with van der Waals surface area (Å²) in [5.74, 6) is -1.91. The maximum Gasteiger partial charge on any atom is 0.329 e. The minimum atomic E-state index is -1.43. The Balaban J connectivity index is 2.43. The Morgan fingerprint density at radius 1 is 1.43 bits per heavy atom. The maximum absolute atomic E-state index is 12.2. The second-order valence-corrected chi connectivity index (χ2v) is 4.85. The van der Waals surface area contributed by atoms with Gasteiger partial charge in [0.25, 0.3) is 11.5 Å². The first-order valence-corrected chi connectivity index (χ1v) is 6.41. The molecule has 7 heteroatoms. The van der Waals surface area contributed by atoms with Gasteiger partial charge in [0.15, 0.2) is 0 Å². The van der Waals surface area contributed by atoms with Crippen LogP contribution < -0.4 is 10.9 Å². The van der Waals surface area contributed by atoms with Gasteiger partial charge in [0, 0.05) is 12.4 Å². The van der Waals surface area contributed by atoms with Gasteiger partial charge in [-0.05, 0) is 25.5 Å². The second-order valence-electron chi connectivity index (χ2n) is 4.85. The first-order valence-electron chi connectivity index (χ1n) is 6.41. The van der Waals surface area contributed by atoms with Crippen LogP contribution >= 0.6 is 0 Å². The van der Waals surface area contributed by atoms with E-state index in [1.807, 2.05) is 0 Å². The lowest BCUT2D eigenvalue weighted by Crippen LogP contribution is -2.52. The molecule has 21 heavy (non-hydrogen) atoms. The topological polar surface area (TPSA) is 101 Å². The molecule has 2 aromatic heterocycles. The fraction of sp³-hybridized carbons (Fsp3) is 0.286. The Kier molecular flexibility index (Phi) is 3.75. The molecule has 0 saturated carbocycles. The first kappa shape index (κ1) is 14.7. The Bertz CT molecular complexity index is 768. The molecule has 1 atom stereocenters. The Morgan fingerprint density at radius 3 is 2.76 bits per heavy atom. The minimum Gasteiger partial charge on any atom is -0.480 e. The number of rotatable bonds is 4. The number of carbonyl (C=O) groups is 2. The number of carboxylic acids is 1. The molecule has 2 rings (SSSR count). The molecular weight excluding hydrogens is 274 g/mol. The van der Waals surface area contributed by atoms with Crippen LogP contribution in [0.5, 0.6) is 0 Å². The highest BCUT2D eigenvalue weighted by Crippen LogP contribution is 2.10. The molecule has 0 spiro atoms. The van der Waals surface area contributed by atoms with Crippen molar-refractivity contribution in [2.45, 2.75) is 25.8 Å². The number of hydrogen-bond acceptors (Lipinski definition) is 4. The van der Waals surface area contributed by atoms with Crippen molar-refractivity contribution < 1.29 is 14.7 Å². The van der Waals surface area contributed by atoms with Crippen LogP contribution in [-0.4, -0.2) is 31.9 Å². The van der Waals surface area contributed by atoms with E-state index in [9.17, 15) is 14.4 Å². The van der Waals surface area contributed by atoms with Crippen LogP contribution in [0.3, 0.4) is 0 Å². The summed E-state index contributed by atoms with van der Waals surface area (Å²) in [5, 5.41) is 11.5. The summed E-state index contributed by atoms with van der Waals surface area (Å²) in [6, 6.07) is 5.00. The highest BCUT2D eigenvalue weighted by Gasteiger charge is 2.33. The van der Waals surface area contributed by atoms with E-state index in [0.29, 0.717) is 5.65 Å². The van der Waals surface area contributed by atoms with Gasteiger partial charge in [-0.15, -0.1) is 0 Å². The van der Waals surface area contributed by atoms with Crippen molar-refractivity contribution in [3.63, 3.8) is 0 Å². The number of hydrogen-bond donors (Lipinski definition) is 2. The van der Waals surface area contributed by atoms with Crippen LogP contribution in [0, 0.1) is 0 Å². The van der Waals surface area contributed by atoms with Crippen molar-refractivity contribution in [3.05, 3.63) is 46.5 Å². The van der Waals surface area contributed by atoms with Crippen LogP contribution in [0.1, 0.15) is 30.6 Å². The predicted molar refractivity (Wildman–Crippen MR) is 75.3 cm³/mol. The van der Waals surface area contributed by atoms with E-state index >= 15 is 0 Å². The molecule has 0 aliphatic heterocycles. The zero-order valence-electron chi connectivity index (χ0n) is 11.7. The van der Waals surface area contributed by atoms with Gasteiger partial charge in [-0.2, -0.15) is 0 Å². The van der Waals surface area contributed by atoms with Crippen LogP contribution in [0.2, 0.25) is 0 Å². The third kappa shape index (κ3) is 2.62. The third-order valence-corrected chi connectivity index (χ3v) is 3.43. The average molecular weight is 289 g/mol. The van der Waals surface area contributed by atoms with E-state index in [4.69, 9.17) is 5.11 Å². The maximum atomic E-state index is 12.2. The lowest BCUT2D eigenvalue weighted by molar-refractivity contribution is -0.143. The largest absolute Gasteiger partial charge is 0.480 e. The van der Waals surface area contributed by atoms with E-state index in [1.54, 1.807) is 25.1 Å². The molecule has 2 N–H and O–H groups in total. The molecular formula is C14H15N3O4. The molecule has 0 aliphatic rings. The van der Waals surface area contributed by atoms with E-state index in [-0.39, 0.29) is 12.0 Å². The van der Waals surface area contributed by atoms with Gasteiger partial charge >= 0.3 is 5.97 Å². The second kappa shape index (κ2) is 5.35. The lowest BCUT2D eigenvalue weighted by atomic mass is 9.99. The summed E-state index contributed by atoms with van der Waals surface area (Å²) in [6.07, 6.45) is 2.85. The van der Waals surface area contributed by atoms with Crippen molar-refractivity contribution in [2.24, 2.45) is 0 Å². The van der Waals surface area contributed by atoms with Crippen LogP contribution in [-0.2, 0) is 4.79 Å². The number of carboxylic acid groups (broad SMARTS) is 1. The number of nitrogens with one attached hydrogen (secondary N) is 1. The van der Waals surface area contributed by atoms with E-state index in [2.05, 4.69) is 10.3 Å². The SMILES string of the molecule is CCC(C)(NC(=O)c1cnc2ccccn2c1=O)C(=O)O. The average Bonchev–Trinajstić information content (AvgIpc) is 2.47. The highest BCUT2D eigenvalue weighted by molar-refractivity contribution is 5.97. The molecule has 0 radical (unpaired) electrons. The van der Waals surface area contributed by atoms with Crippen LogP contribution in [0.4, 0.5) is 0 Å². The summed E-state index contributed by atoms with van der Waals surface area (Å²) < 4.78 is 1.24. The molecule has 0 aromatic carbocycles. The van der Waals surface area contributed by atoms with Gasteiger partial charge in [-0.25, -0.2) is 9.78 Å². The molecule has 0 saturated heterocycles. The molecule has 1 unspecified atom stereocenters. The molecule has 110 valence electrons. The molecule has 2 heterocycles. The zero-order valence-corrected chi connectivity index (χ0v) is 11.7. The number of aromatic nitrogens is 2. The van der Waals surface area contributed by atoms with Crippen LogP contribution in [0.15, 0.2) is 35.4 Å². The first-order chi connectivity index (χ1) is 9.89. The number of fused-ring (bicyclic) bond motifs is 1. The number of nitrogens with zero attached hydrogens (tertiary/aromatic N) is 2. The minimum absolute atomic E-state index is 0.191. The Morgan fingerprint density at radius 2 is 2.14 bits per heavy atom. The van der Waals surface area contributed by atoms with Gasteiger partial charge in [0.2, 0.25) is 0 Å². The summed E-state index contributed by atoms with van der Waals surface area (Å²) in [5.41, 5.74) is -1.75. The van der Waals surface area contributed by atoms with Gasteiger partial charge in [0.1, 0.15) is 16.7 Å². The quantitative estimate of drug-likeness (QED) is 0.862. The Labute approximate surface area is 120 Å². The smallest absolute Gasteiger partial charge is 0.329 e. The van der Waals surface area contributed by atoms with Crippen molar-refractivity contribution in [3.8, 4) is 0 Å². The third-order valence-electron chi connectivity index (χ3n) is 3.43. The van der Waals surface area contributed by atoms with Gasteiger partial charge in [0.05, 0.1) is 0 Å².